The van der Waals surface area contributed by atoms with E-state index in [9.17, 15) is 4.79 Å². The van der Waals surface area contributed by atoms with Crippen LogP contribution >= 0.6 is 11.6 Å². The maximum absolute atomic E-state index is 12.6. The van der Waals surface area contributed by atoms with E-state index in [1.165, 1.54) is 0 Å². The van der Waals surface area contributed by atoms with Gasteiger partial charge >= 0.3 is 0 Å². The number of halogens is 1. The molecule has 1 aromatic carbocycles. The SMILES string of the molecule is COc1ccc(C(=O)N2CCN(CCCl)CC2)c(OC)c1. The van der Waals surface area contributed by atoms with Crippen LogP contribution in [0.1, 0.15) is 10.4 Å². The average Bonchev–Trinajstić information content (AvgIpc) is 2.54. The summed E-state index contributed by atoms with van der Waals surface area (Å²) in [5.74, 6) is 1.85. The van der Waals surface area contributed by atoms with E-state index in [4.69, 9.17) is 21.1 Å². The molecule has 6 heteroatoms. The van der Waals surface area contributed by atoms with Gasteiger partial charge in [0.05, 0.1) is 19.8 Å². The van der Waals surface area contributed by atoms with E-state index in [-0.39, 0.29) is 5.91 Å². The van der Waals surface area contributed by atoms with Crippen molar-refractivity contribution in [1.29, 1.82) is 0 Å². The number of piperazine rings is 1. The van der Waals surface area contributed by atoms with E-state index in [1.807, 2.05) is 4.90 Å². The minimum atomic E-state index is 0.0000246. The normalized spacial score (nSPS) is 15.9. The Labute approximate surface area is 130 Å². The highest BCUT2D eigenvalue weighted by atomic mass is 35.5. The summed E-state index contributed by atoms with van der Waals surface area (Å²) >= 11 is 5.75. The molecular formula is C15H21ClN2O3. The van der Waals surface area contributed by atoms with Crippen molar-refractivity contribution in [3.63, 3.8) is 0 Å². The third kappa shape index (κ3) is 3.80. The Hall–Kier alpha value is -1.46. The Balaban J connectivity index is 2.07. The molecule has 0 spiro atoms. The molecule has 0 aliphatic carbocycles. The molecule has 116 valence electrons. The highest BCUT2D eigenvalue weighted by molar-refractivity contribution is 6.18. The molecule has 0 bridgehead atoms. The molecule has 1 aliphatic rings. The number of methoxy groups -OCH3 is 2. The van der Waals surface area contributed by atoms with Crippen LogP contribution in [0.4, 0.5) is 0 Å². The van der Waals surface area contributed by atoms with Crippen LogP contribution in [0.3, 0.4) is 0 Å². The van der Waals surface area contributed by atoms with Gasteiger partial charge in [-0.25, -0.2) is 0 Å². The van der Waals surface area contributed by atoms with Crippen LogP contribution in [0.25, 0.3) is 0 Å². The van der Waals surface area contributed by atoms with E-state index in [0.717, 1.165) is 19.6 Å². The number of hydrogen-bond donors (Lipinski definition) is 0. The van der Waals surface area contributed by atoms with Crippen molar-refractivity contribution < 1.29 is 14.3 Å². The van der Waals surface area contributed by atoms with Gasteiger partial charge in [-0.3, -0.25) is 9.69 Å². The molecule has 1 saturated heterocycles. The van der Waals surface area contributed by atoms with Crippen molar-refractivity contribution in [2.75, 3.05) is 52.8 Å². The summed E-state index contributed by atoms with van der Waals surface area (Å²) in [6.45, 7) is 4.01. The molecule has 1 aromatic rings. The number of carbonyl (C=O) groups excluding carboxylic acids is 1. The first-order valence-corrected chi connectivity index (χ1v) is 7.52. The van der Waals surface area contributed by atoms with Crippen LogP contribution < -0.4 is 9.47 Å². The molecule has 0 radical (unpaired) electrons. The summed E-state index contributed by atoms with van der Waals surface area (Å²) in [4.78, 5) is 16.7. The maximum atomic E-state index is 12.6. The Morgan fingerprint density at radius 2 is 1.90 bits per heavy atom. The molecule has 0 aromatic heterocycles. The van der Waals surface area contributed by atoms with Gasteiger partial charge < -0.3 is 14.4 Å². The zero-order chi connectivity index (χ0) is 15.2. The van der Waals surface area contributed by atoms with Crippen LogP contribution in [-0.4, -0.2) is 68.5 Å². The summed E-state index contributed by atoms with van der Waals surface area (Å²) in [6, 6.07) is 5.27. The fraction of sp³-hybridized carbons (Fsp3) is 0.533. The van der Waals surface area contributed by atoms with E-state index in [0.29, 0.717) is 36.0 Å². The molecule has 0 N–H and O–H groups in total. The fourth-order valence-electron chi connectivity index (χ4n) is 2.44. The van der Waals surface area contributed by atoms with Gasteiger partial charge in [-0.2, -0.15) is 0 Å². The molecule has 5 nitrogen and oxygen atoms in total. The number of benzene rings is 1. The number of ether oxygens (including phenoxy) is 2. The molecule has 1 aliphatic heterocycles. The third-order valence-electron chi connectivity index (χ3n) is 3.70. The van der Waals surface area contributed by atoms with Gasteiger partial charge in [0, 0.05) is 44.7 Å². The molecule has 1 fully saturated rings. The molecule has 1 heterocycles. The number of rotatable bonds is 5. The molecule has 0 saturated carbocycles. The Morgan fingerprint density at radius 3 is 2.48 bits per heavy atom. The van der Waals surface area contributed by atoms with E-state index >= 15 is 0 Å². The quantitative estimate of drug-likeness (QED) is 0.776. The minimum absolute atomic E-state index is 0.0000246. The minimum Gasteiger partial charge on any atom is -0.497 e. The summed E-state index contributed by atoms with van der Waals surface area (Å²) in [7, 11) is 3.15. The third-order valence-corrected chi connectivity index (χ3v) is 3.87. The van der Waals surface area contributed by atoms with Crippen LogP contribution in [-0.2, 0) is 0 Å². The van der Waals surface area contributed by atoms with Gasteiger partial charge in [0.2, 0.25) is 0 Å². The van der Waals surface area contributed by atoms with Gasteiger partial charge in [-0.1, -0.05) is 0 Å². The number of amides is 1. The van der Waals surface area contributed by atoms with Crippen molar-refractivity contribution in [3.05, 3.63) is 23.8 Å². The lowest BCUT2D eigenvalue weighted by atomic mass is 10.1. The van der Waals surface area contributed by atoms with Gasteiger partial charge in [0.15, 0.2) is 0 Å². The number of alkyl halides is 1. The lowest BCUT2D eigenvalue weighted by molar-refractivity contribution is 0.0641. The first-order chi connectivity index (χ1) is 10.2. The molecule has 0 atom stereocenters. The Bertz CT molecular complexity index is 488. The van der Waals surface area contributed by atoms with Gasteiger partial charge in [0.25, 0.3) is 5.91 Å². The van der Waals surface area contributed by atoms with Crippen molar-refractivity contribution in [2.24, 2.45) is 0 Å². The van der Waals surface area contributed by atoms with Crippen LogP contribution in [0.5, 0.6) is 11.5 Å². The smallest absolute Gasteiger partial charge is 0.257 e. The van der Waals surface area contributed by atoms with Gasteiger partial charge in [0.1, 0.15) is 11.5 Å². The first-order valence-electron chi connectivity index (χ1n) is 6.99. The zero-order valence-electron chi connectivity index (χ0n) is 12.5. The summed E-state index contributed by atoms with van der Waals surface area (Å²) in [5.41, 5.74) is 0.573. The molecule has 1 amide bonds. The van der Waals surface area contributed by atoms with E-state index in [1.54, 1.807) is 32.4 Å². The van der Waals surface area contributed by atoms with Crippen LogP contribution in [0, 0.1) is 0 Å². The first kappa shape index (κ1) is 15.9. The number of hydrogen-bond acceptors (Lipinski definition) is 4. The molecule has 21 heavy (non-hydrogen) atoms. The standard InChI is InChI=1S/C15H21ClN2O3/c1-20-12-3-4-13(14(11-12)21-2)15(19)18-9-7-17(6-5-16)8-10-18/h3-4,11H,5-10H2,1-2H3. The molecule has 2 rings (SSSR count). The van der Waals surface area contributed by atoms with E-state index in [2.05, 4.69) is 4.90 Å². The Kier molecular flexibility index (Phi) is 5.70. The second-order valence-corrected chi connectivity index (χ2v) is 5.27. The van der Waals surface area contributed by atoms with Gasteiger partial charge in [-0.05, 0) is 12.1 Å². The van der Waals surface area contributed by atoms with Crippen molar-refractivity contribution in [1.82, 2.24) is 9.80 Å². The maximum Gasteiger partial charge on any atom is 0.257 e. The van der Waals surface area contributed by atoms with Crippen molar-refractivity contribution in [2.45, 2.75) is 0 Å². The second kappa shape index (κ2) is 7.52. The lowest BCUT2D eigenvalue weighted by Gasteiger charge is -2.34. The topological polar surface area (TPSA) is 42.0 Å². The van der Waals surface area contributed by atoms with Crippen LogP contribution in [0.2, 0.25) is 0 Å². The van der Waals surface area contributed by atoms with E-state index < -0.39 is 0 Å². The van der Waals surface area contributed by atoms with Crippen molar-refractivity contribution >= 4 is 17.5 Å². The van der Waals surface area contributed by atoms with Crippen molar-refractivity contribution in [3.8, 4) is 11.5 Å². The zero-order valence-corrected chi connectivity index (χ0v) is 13.2. The highest BCUT2D eigenvalue weighted by Gasteiger charge is 2.24. The molecule has 0 unspecified atom stereocenters. The molecular weight excluding hydrogens is 292 g/mol. The monoisotopic (exact) mass is 312 g/mol. The van der Waals surface area contributed by atoms with Crippen LogP contribution in [0.15, 0.2) is 18.2 Å². The summed E-state index contributed by atoms with van der Waals surface area (Å²) in [6.07, 6.45) is 0. The average molecular weight is 313 g/mol. The Morgan fingerprint density at radius 1 is 1.19 bits per heavy atom. The predicted octanol–water partition coefficient (Wildman–Crippen LogP) is 1.70. The second-order valence-electron chi connectivity index (χ2n) is 4.89. The predicted molar refractivity (Wildman–Crippen MR) is 82.6 cm³/mol. The summed E-state index contributed by atoms with van der Waals surface area (Å²) < 4.78 is 10.5. The fourth-order valence-corrected chi connectivity index (χ4v) is 2.68. The van der Waals surface area contributed by atoms with Gasteiger partial charge in [-0.15, -0.1) is 11.6 Å². The lowest BCUT2D eigenvalue weighted by Crippen LogP contribution is -2.49. The number of nitrogens with zero attached hydrogens (tertiary/aromatic N) is 2. The largest absolute Gasteiger partial charge is 0.497 e. The number of carbonyl (C=O) groups is 1. The summed E-state index contributed by atoms with van der Waals surface area (Å²) in [5, 5.41) is 0. The highest BCUT2D eigenvalue weighted by Crippen LogP contribution is 2.26.